The third-order valence-corrected chi connectivity index (χ3v) is 6.75. The van der Waals surface area contributed by atoms with Gasteiger partial charge in [-0.1, -0.05) is 0 Å². The van der Waals surface area contributed by atoms with Crippen molar-refractivity contribution >= 4 is 25.5 Å². The Morgan fingerprint density at radius 3 is 2.07 bits per heavy atom. The van der Waals surface area contributed by atoms with Crippen LogP contribution in [0.15, 0.2) is 95.5 Å². The van der Waals surface area contributed by atoms with E-state index >= 15 is 0 Å². The van der Waals surface area contributed by atoms with Gasteiger partial charge in [-0.25, -0.2) is 0 Å². The fourth-order valence-corrected chi connectivity index (χ4v) is 5.22. The van der Waals surface area contributed by atoms with E-state index in [0.29, 0.717) is 13.0 Å². The fraction of sp³-hybridized carbons (Fsp3) is 0.200. The first-order valence-corrected chi connectivity index (χ1v) is 11.3. The summed E-state index contributed by atoms with van der Waals surface area (Å²) in [6.45, 7) is 2.63. The molecule has 0 bridgehead atoms. The molecule has 0 amide bonds. The van der Waals surface area contributed by atoms with Crippen LogP contribution in [0.3, 0.4) is 0 Å². The molecule has 1 N–H and O–H groups in total. The van der Waals surface area contributed by atoms with Crippen molar-refractivity contribution in [2.75, 3.05) is 6.61 Å². The number of rotatable bonds is 9. The number of ether oxygens (including phenoxy) is 1. The van der Waals surface area contributed by atoms with Crippen molar-refractivity contribution < 1.29 is 9.84 Å². The summed E-state index contributed by atoms with van der Waals surface area (Å²) in [5.41, 5.74) is 2.09. The van der Waals surface area contributed by atoms with Crippen LogP contribution in [0, 0.1) is 0 Å². The molecule has 0 aliphatic rings. The predicted molar refractivity (Wildman–Crippen MR) is 118 cm³/mol. The van der Waals surface area contributed by atoms with E-state index in [2.05, 4.69) is 42.5 Å². The predicted octanol–water partition coefficient (Wildman–Crippen LogP) is 4.59. The molecule has 0 spiro atoms. The second kappa shape index (κ2) is 11.0. The van der Waals surface area contributed by atoms with E-state index in [-0.39, 0.29) is 21.1 Å². The van der Waals surface area contributed by atoms with E-state index in [1.54, 1.807) is 0 Å². The maximum atomic E-state index is 10.8. The van der Waals surface area contributed by atoms with Crippen LogP contribution < -0.4 is 4.46 Å². The molecule has 3 heteroatoms. The molecule has 0 aliphatic carbocycles. The molecule has 0 radical (unpaired) electrons. The van der Waals surface area contributed by atoms with E-state index < -0.39 is 6.10 Å². The van der Waals surface area contributed by atoms with Gasteiger partial charge in [0.05, 0.1) is 0 Å². The quantitative estimate of drug-likeness (QED) is 0.497. The molecule has 3 rings (SSSR count). The SMILES string of the molecule is CCO[C@@H](C[C@@H](O)c1ccccc1)/C(=C/c1ccccc1)[Se]c1ccccc1. The van der Waals surface area contributed by atoms with Crippen LogP contribution in [0.25, 0.3) is 6.08 Å². The van der Waals surface area contributed by atoms with Gasteiger partial charge in [0.1, 0.15) is 0 Å². The molecule has 28 heavy (non-hydrogen) atoms. The molecule has 0 fully saturated rings. The summed E-state index contributed by atoms with van der Waals surface area (Å²) in [5, 5.41) is 10.8. The Balaban J connectivity index is 1.88. The molecule has 144 valence electrons. The van der Waals surface area contributed by atoms with Gasteiger partial charge in [-0.3, -0.25) is 0 Å². The summed E-state index contributed by atoms with van der Waals surface area (Å²) in [7, 11) is 0. The first-order chi connectivity index (χ1) is 13.8. The Morgan fingerprint density at radius 2 is 1.46 bits per heavy atom. The van der Waals surface area contributed by atoms with E-state index in [1.165, 1.54) is 8.93 Å². The fourth-order valence-electron chi connectivity index (χ4n) is 3.01. The van der Waals surface area contributed by atoms with Crippen LogP contribution in [0.5, 0.6) is 0 Å². The average Bonchev–Trinajstić information content (AvgIpc) is 2.75. The van der Waals surface area contributed by atoms with Crippen molar-refractivity contribution in [1.82, 2.24) is 0 Å². The van der Waals surface area contributed by atoms with E-state index in [0.717, 1.165) is 11.1 Å². The second-order valence-corrected chi connectivity index (χ2v) is 8.89. The van der Waals surface area contributed by atoms with Gasteiger partial charge in [0.25, 0.3) is 0 Å². The molecule has 2 atom stereocenters. The van der Waals surface area contributed by atoms with Crippen molar-refractivity contribution in [1.29, 1.82) is 0 Å². The maximum absolute atomic E-state index is 10.8. The van der Waals surface area contributed by atoms with E-state index in [9.17, 15) is 5.11 Å². The molecule has 2 nitrogen and oxygen atoms in total. The number of aliphatic hydroxyl groups is 1. The van der Waals surface area contributed by atoms with Gasteiger partial charge >= 0.3 is 174 Å². The average molecular weight is 437 g/mol. The minimum absolute atomic E-state index is 0.118. The van der Waals surface area contributed by atoms with Gasteiger partial charge in [-0.2, -0.15) is 0 Å². The third-order valence-electron chi connectivity index (χ3n) is 4.39. The number of benzene rings is 3. The molecule has 0 saturated heterocycles. The van der Waals surface area contributed by atoms with Gasteiger partial charge in [0.15, 0.2) is 0 Å². The van der Waals surface area contributed by atoms with Gasteiger partial charge in [0, 0.05) is 0 Å². The molecule has 0 aromatic heterocycles. The summed E-state index contributed by atoms with van der Waals surface area (Å²) in [5.74, 6) is 0. The van der Waals surface area contributed by atoms with Crippen molar-refractivity contribution in [3.05, 3.63) is 107 Å². The first kappa shape index (κ1) is 20.6. The van der Waals surface area contributed by atoms with Crippen LogP contribution in [0.2, 0.25) is 0 Å². The van der Waals surface area contributed by atoms with Gasteiger partial charge in [-0.15, -0.1) is 0 Å². The molecular formula is C25H26O2Se. The van der Waals surface area contributed by atoms with Crippen molar-refractivity contribution in [2.45, 2.75) is 25.6 Å². The topological polar surface area (TPSA) is 29.5 Å². The van der Waals surface area contributed by atoms with Gasteiger partial charge < -0.3 is 0 Å². The Bertz CT molecular complexity index is 847. The Kier molecular flexibility index (Phi) is 8.07. The summed E-state index contributed by atoms with van der Waals surface area (Å²) in [6.07, 6.45) is 2.10. The molecule has 3 aromatic rings. The zero-order chi connectivity index (χ0) is 19.6. The van der Waals surface area contributed by atoms with Crippen LogP contribution in [-0.4, -0.2) is 32.8 Å². The van der Waals surface area contributed by atoms with Gasteiger partial charge in [-0.05, 0) is 0 Å². The normalized spacial score (nSPS) is 13.9. The number of hydrogen-bond acceptors (Lipinski definition) is 2. The standard InChI is InChI=1S/C25H26O2Se/c1-2-27-24(19-23(26)21-14-8-4-9-15-21)25(18-20-12-6-3-7-13-20)28-22-16-10-5-11-17-22/h3-18,23-24,26H,2,19H2,1H3/b25-18-/t23-,24+/m1/s1. The number of hydrogen-bond donors (Lipinski definition) is 1. The molecule has 0 saturated carbocycles. The Labute approximate surface area is 174 Å². The van der Waals surface area contributed by atoms with Crippen molar-refractivity contribution in [2.24, 2.45) is 0 Å². The minimum atomic E-state index is -0.552. The molecule has 0 unspecified atom stereocenters. The summed E-state index contributed by atoms with van der Waals surface area (Å²) in [4.78, 5) is 0. The summed E-state index contributed by atoms with van der Waals surface area (Å²) < 4.78 is 8.67. The Morgan fingerprint density at radius 1 is 0.893 bits per heavy atom. The zero-order valence-corrected chi connectivity index (χ0v) is 17.8. The van der Waals surface area contributed by atoms with Crippen LogP contribution >= 0.6 is 0 Å². The molecular weight excluding hydrogens is 411 g/mol. The summed E-state index contributed by atoms with van der Waals surface area (Å²) >= 11 is 0.118. The van der Waals surface area contributed by atoms with Crippen molar-refractivity contribution in [3.8, 4) is 0 Å². The second-order valence-electron chi connectivity index (χ2n) is 6.48. The Hall–Kier alpha value is -2.16. The van der Waals surface area contributed by atoms with Crippen LogP contribution in [0.4, 0.5) is 0 Å². The molecule has 0 aliphatic heterocycles. The third kappa shape index (κ3) is 6.19. The zero-order valence-electron chi connectivity index (χ0n) is 16.1. The van der Waals surface area contributed by atoms with Crippen LogP contribution in [0.1, 0.15) is 30.6 Å². The van der Waals surface area contributed by atoms with Crippen molar-refractivity contribution in [3.63, 3.8) is 0 Å². The summed E-state index contributed by atoms with van der Waals surface area (Å²) in [6, 6.07) is 30.7. The number of aliphatic hydroxyl groups excluding tert-OH is 1. The molecule has 3 aromatic carbocycles. The van der Waals surface area contributed by atoms with Gasteiger partial charge in [0.2, 0.25) is 0 Å². The van der Waals surface area contributed by atoms with E-state index in [4.69, 9.17) is 4.74 Å². The van der Waals surface area contributed by atoms with E-state index in [1.807, 2.05) is 61.5 Å². The van der Waals surface area contributed by atoms with Crippen LogP contribution in [-0.2, 0) is 4.74 Å². The molecule has 0 heterocycles. The first-order valence-electron chi connectivity index (χ1n) is 9.60. The monoisotopic (exact) mass is 438 g/mol.